The molecule has 0 bridgehead atoms. The van der Waals surface area contributed by atoms with Crippen LogP contribution in [-0.4, -0.2) is 229 Å². The molecule has 16 atom stereocenters. The molecule has 0 aromatic heterocycles. The SMILES string of the molecule is CCCCCOc1ccc(-c2ccc(-c3ccc(C(=O)N[C@H]4C[C@@H](O)[C@@H](OC[C@@H](C)[N+](C)(C)C)NC(=O)[C@@H]5[C@@H](O)[C@@H](C)CN5C(=O)[C@H]([C@@H](C)O)NC(=O)[C@H]([C@H](O)[C@@H](O)c5ccc(O)cc5)NC(=O)[C@@H]5C[C@@H](O)CN5C(=O)[C@H]([C@@H](C)O)NC4=O)cc3)cc2)cc1. The van der Waals surface area contributed by atoms with Crippen LogP contribution in [0.5, 0.6) is 11.5 Å². The van der Waals surface area contributed by atoms with Crippen LogP contribution in [0.3, 0.4) is 0 Å². The van der Waals surface area contributed by atoms with E-state index in [2.05, 4.69) is 33.5 Å². The van der Waals surface area contributed by atoms with E-state index in [9.17, 15) is 74.4 Å². The third kappa shape index (κ3) is 17.2. The van der Waals surface area contributed by atoms with E-state index in [4.69, 9.17) is 9.47 Å². The highest BCUT2D eigenvalue weighted by atomic mass is 16.5. The van der Waals surface area contributed by atoms with Gasteiger partial charge in [0.15, 0.2) is 6.23 Å². The van der Waals surface area contributed by atoms with Crippen molar-refractivity contribution in [1.29, 1.82) is 0 Å². The van der Waals surface area contributed by atoms with Crippen LogP contribution in [0.4, 0.5) is 0 Å². The first kappa shape index (κ1) is 68.9. The number of ether oxygens (including phenoxy) is 2. The van der Waals surface area contributed by atoms with Crippen molar-refractivity contribution >= 4 is 41.4 Å². The van der Waals surface area contributed by atoms with Gasteiger partial charge in [-0.25, -0.2) is 0 Å². The number of quaternary nitrogens is 1. The lowest BCUT2D eigenvalue weighted by molar-refractivity contribution is -0.894. The van der Waals surface area contributed by atoms with Crippen molar-refractivity contribution < 1.29 is 88.4 Å². The Morgan fingerprint density at radius 3 is 1.73 bits per heavy atom. The minimum atomic E-state index is -2.29. The van der Waals surface area contributed by atoms with Crippen LogP contribution in [0, 0.1) is 5.92 Å². The fourth-order valence-electron chi connectivity index (χ4n) is 10.8. The zero-order chi connectivity index (χ0) is 65.2. The molecule has 4 aromatic carbocycles. The maximum Gasteiger partial charge on any atom is 0.251 e. The summed E-state index contributed by atoms with van der Waals surface area (Å²) in [6.45, 7) is 7.31. The van der Waals surface area contributed by atoms with Crippen LogP contribution in [0.1, 0.15) is 88.7 Å². The molecule has 484 valence electrons. The first-order valence-electron chi connectivity index (χ1n) is 30.1. The molecule has 3 aliphatic rings. The highest BCUT2D eigenvalue weighted by Crippen LogP contribution is 2.30. The second-order valence-corrected chi connectivity index (χ2v) is 24.6. The molecule has 25 heteroatoms. The predicted molar refractivity (Wildman–Crippen MR) is 325 cm³/mol. The monoisotopic (exact) mass is 1240 g/mol. The van der Waals surface area contributed by atoms with Gasteiger partial charge >= 0.3 is 0 Å². The first-order chi connectivity index (χ1) is 42.1. The summed E-state index contributed by atoms with van der Waals surface area (Å²) in [6.07, 6.45) is -12.7. The fraction of sp³-hybridized carbons (Fsp3) is 0.516. The van der Waals surface area contributed by atoms with E-state index in [0.29, 0.717) is 11.1 Å². The second-order valence-electron chi connectivity index (χ2n) is 24.6. The number of aromatic hydroxyl groups is 1. The molecule has 3 fully saturated rings. The van der Waals surface area contributed by atoms with Gasteiger partial charge < -0.3 is 91.2 Å². The molecule has 25 nitrogen and oxygen atoms in total. The Morgan fingerprint density at radius 1 is 0.652 bits per heavy atom. The Hall–Kier alpha value is -7.59. The largest absolute Gasteiger partial charge is 0.508 e. The lowest BCUT2D eigenvalue weighted by Gasteiger charge is -2.35. The summed E-state index contributed by atoms with van der Waals surface area (Å²) >= 11 is 0. The summed E-state index contributed by atoms with van der Waals surface area (Å²) in [4.78, 5) is 104. The van der Waals surface area contributed by atoms with Crippen LogP contribution < -0.4 is 31.3 Å². The van der Waals surface area contributed by atoms with Crippen molar-refractivity contribution in [2.24, 2.45) is 5.92 Å². The van der Waals surface area contributed by atoms with E-state index in [1.165, 1.54) is 43.3 Å². The summed E-state index contributed by atoms with van der Waals surface area (Å²) in [7, 11) is 5.58. The molecule has 3 heterocycles. The number of unbranched alkanes of at least 4 members (excludes halogenated alkanes) is 2. The zero-order valence-corrected chi connectivity index (χ0v) is 51.4. The number of nitrogens with zero attached hydrogens (tertiary/aromatic N) is 3. The van der Waals surface area contributed by atoms with Crippen LogP contribution >= 0.6 is 0 Å². The Labute approximate surface area is 517 Å². The summed E-state index contributed by atoms with van der Waals surface area (Å²) in [5.41, 5.74) is 3.47. The molecule has 89 heavy (non-hydrogen) atoms. The third-order valence-electron chi connectivity index (χ3n) is 16.9. The van der Waals surface area contributed by atoms with Crippen molar-refractivity contribution in [3.63, 3.8) is 0 Å². The maximum absolute atomic E-state index is 14.9. The predicted octanol–water partition coefficient (Wildman–Crippen LogP) is 0.192. The molecule has 7 amide bonds. The van der Waals surface area contributed by atoms with Gasteiger partial charge in [-0.2, -0.15) is 0 Å². The smallest absolute Gasteiger partial charge is 0.251 e. The first-order valence-corrected chi connectivity index (χ1v) is 30.1. The number of hydrogen-bond acceptors (Lipinski definition) is 17. The number of amides is 7. The van der Waals surface area contributed by atoms with Crippen LogP contribution in [0.15, 0.2) is 97.1 Å². The van der Waals surface area contributed by atoms with E-state index >= 15 is 0 Å². The van der Waals surface area contributed by atoms with E-state index in [0.717, 1.165) is 70.9 Å². The van der Waals surface area contributed by atoms with Crippen LogP contribution in [0.25, 0.3) is 22.3 Å². The summed E-state index contributed by atoms with van der Waals surface area (Å²) in [6, 6.07) is 14.9. The molecular weight excluding hydrogens is 1150 g/mol. The fourth-order valence-corrected chi connectivity index (χ4v) is 10.8. The summed E-state index contributed by atoms with van der Waals surface area (Å²) in [5, 5.41) is 103. The van der Waals surface area contributed by atoms with Gasteiger partial charge in [-0.1, -0.05) is 87.4 Å². The number of benzene rings is 4. The van der Waals surface area contributed by atoms with Crippen LogP contribution in [0.2, 0.25) is 0 Å². The second kappa shape index (κ2) is 30.3. The van der Waals surface area contributed by atoms with E-state index in [1.807, 2.05) is 76.6 Å². The molecule has 0 unspecified atom stereocenters. The van der Waals surface area contributed by atoms with E-state index in [1.54, 1.807) is 12.1 Å². The standard InChI is InChI=1S/C64H86N8O17/c1-9-10-11-28-88-46-26-22-41(23-27-46)39-14-12-38(13-15-39)40-16-18-43(19-17-40)57(81)65-47-30-49(77)62(89-33-35(3)72(6,7)8)69-61(85)53-54(78)34(2)31-71(53)64(87)51(37(5)74)67-60(84)52(56(80)55(79)42-20-24-44(75)25-21-42)68-59(83)48-29-45(76)32-70(48)63(86)50(36(4)73)66-58(47)82/h12-27,34-37,45,47-56,62,73-74,76-80H,9-11,28-33H2,1-8H3,(H5-,65,66,67,68,69,75,81,82,83,84,85)/p+1/t34-,35+,36+,37+,45+,47-,48-,49+,50-,51-,52-,53-,54-,55-,56-,62+/m0/s1. The van der Waals surface area contributed by atoms with Gasteiger partial charge in [-0.05, 0) is 91.4 Å². The lowest BCUT2D eigenvalue weighted by atomic mass is 9.96. The van der Waals surface area contributed by atoms with E-state index < -0.39 is 152 Å². The number of aliphatic hydroxyl groups is 7. The third-order valence-corrected chi connectivity index (χ3v) is 16.9. The van der Waals surface area contributed by atoms with Crippen molar-refractivity contribution in [2.75, 3.05) is 47.4 Å². The molecule has 0 aliphatic carbocycles. The number of carbonyl (C=O) groups is 7. The number of rotatable bonds is 18. The Kier molecular flexibility index (Phi) is 23.4. The average Bonchev–Trinajstić information content (AvgIpc) is 1.88. The van der Waals surface area contributed by atoms with Crippen molar-refractivity contribution in [3.8, 4) is 33.8 Å². The Balaban J connectivity index is 1.24. The number of nitrogens with one attached hydrogen (secondary N) is 5. The molecule has 4 aromatic rings. The number of fused-ring (bicyclic) bond motifs is 2. The maximum atomic E-state index is 14.9. The number of phenols is 1. The van der Waals surface area contributed by atoms with Gasteiger partial charge in [-0.15, -0.1) is 0 Å². The Morgan fingerprint density at radius 2 is 1.18 bits per heavy atom. The minimum absolute atomic E-state index is 0.0459. The zero-order valence-electron chi connectivity index (χ0n) is 51.4. The number of carbonyl (C=O) groups excluding carboxylic acids is 7. The summed E-state index contributed by atoms with van der Waals surface area (Å²) in [5.74, 6) is -8.26. The molecular formula is C64H87N8O17+. The van der Waals surface area contributed by atoms with Crippen molar-refractivity contribution in [3.05, 3.63) is 108 Å². The normalized spacial score (nSPS) is 26.9. The number of phenolic OH excluding ortho intramolecular Hbond substituents is 1. The molecule has 3 saturated heterocycles. The van der Waals surface area contributed by atoms with Gasteiger partial charge in [0.25, 0.3) is 5.91 Å². The van der Waals surface area contributed by atoms with Gasteiger partial charge in [0, 0.05) is 37.4 Å². The molecule has 0 spiro atoms. The molecule has 13 N–H and O–H groups in total. The van der Waals surface area contributed by atoms with E-state index in [-0.39, 0.29) is 36.1 Å². The van der Waals surface area contributed by atoms with Crippen LogP contribution in [-0.2, 0) is 33.5 Å². The van der Waals surface area contributed by atoms with Gasteiger partial charge in [0.05, 0.1) is 52.2 Å². The number of hydrogen-bond donors (Lipinski definition) is 13. The molecule has 7 rings (SSSR count). The highest BCUT2D eigenvalue weighted by Gasteiger charge is 2.50. The molecule has 0 radical (unpaired) electrons. The molecule has 3 aliphatic heterocycles. The highest BCUT2D eigenvalue weighted by molar-refractivity contribution is 6.00. The summed E-state index contributed by atoms with van der Waals surface area (Å²) < 4.78 is 12.4. The van der Waals surface area contributed by atoms with Crippen molar-refractivity contribution in [1.82, 2.24) is 36.4 Å². The quantitative estimate of drug-likeness (QED) is 0.0467. The average molecular weight is 1240 g/mol. The van der Waals surface area contributed by atoms with Gasteiger partial charge in [0.1, 0.15) is 78.7 Å². The lowest BCUT2D eigenvalue weighted by Crippen LogP contribution is -2.64. The minimum Gasteiger partial charge on any atom is -0.508 e. The van der Waals surface area contributed by atoms with Gasteiger partial charge in [0.2, 0.25) is 35.4 Å². The molecule has 0 saturated carbocycles. The number of aliphatic hydroxyl groups excluding tert-OH is 7. The Bertz CT molecular complexity index is 3070. The number of likely N-dealkylation sites (N-methyl/N-ethyl adjacent to an activating group) is 1. The topological polar surface area (TPSA) is 366 Å². The van der Waals surface area contributed by atoms with Gasteiger partial charge in [-0.3, -0.25) is 33.6 Å². The van der Waals surface area contributed by atoms with Crippen molar-refractivity contribution in [2.45, 2.75) is 158 Å².